The minimum Gasteiger partial charge on any atom is -0.493 e. The molecule has 0 bridgehead atoms. The van der Waals surface area contributed by atoms with Crippen LogP contribution in [0.5, 0.6) is 11.5 Å². The van der Waals surface area contributed by atoms with Gasteiger partial charge in [0.15, 0.2) is 0 Å². The highest BCUT2D eigenvalue weighted by Crippen LogP contribution is 2.28. The summed E-state index contributed by atoms with van der Waals surface area (Å²) < 4.78 is 16.8. The molecule has 1 heterocycles. The van der Waals surface area contributed by atoms with Gasteiger partial charge in [-0.3, -0.25) is 10.1 Å². The van der Waals surface area contributed by atoms with Gasteiger partial charge in [0.2, 0.25) is 0 Å². The van der Waals surface area contributed by atoms with E-state index in [0.717, 1.165) is 23.8 Å². The number of benzene rings is 2. The molecule has 0 atom stereocenters. The van der Waals surface area contributed by atoms with Gasteiger partial charge in [-0.25, -0.2) is 4.79 Å². The highest BCUT2D eigenvalue weighted by atomic mass is 16.6. The largest absolute Gasteiger partial charge is 0.493 e. The summed E-state index contributed by atoms with van der Waals surface area (Å²) >= 11 is 0. The minimum atomic E-state index is -0.453. The number of rotatable bonds is 8. The zero-order valence-electron chi connectivity index (χ0n) is 17.8. The molecule has 162 valence electrons. The predicted molar refractivity (Wildman–Crippen MR) is 120 cm³/mol. The number of nitro groups is 1. The van der Waals surface area contributed by atoms with E-state index in [0.29, 0.717) is 29.3 Å². The van der Waals surface area contributed by atoms with Gasteiger partial charge in [-0.05, 0) is 44.0 Å². The topological polar surface area (TPSA) is 91.8 Å². The molecule has 0 amide bonds. The Kier molecular flexibility index (Phi) is 8.64. The van der Waals surface area contributed by atoms with Crippen molar-refractivity contribution in [1.29, 1.82) is 0 Å². The van der Waals surface area contributed by atoms with Crippen LogP contribution in [0.1, 0.15) is 37.8 Å². The molecule has 3 aromatic rings. The third-order valence-corrected chi connectivity index (χ3v) is 4.33. The Balaban J connectivity index is 0.00000107. The first-order valence-electron chi connectivity index (χ1n) is 9.84. The maximum Gasteiger partial charge on any atom is 0.336 e. The van der Waals surface area contributed by atoms with Crippen LogP contribution in [0.2, 0.25) is 0 Å². The molecule has 7 nitrogen and oxygen atoms in total. The van der Waals surface area contributed by atoms with Gasteiger partial charge in [0.05, 0.1) is 17.6 Å². The molecule has 0 spiro atoms. The maximum absolute atomic E-state index is 11.6. The van der Waals surface area contributed by atoms with Crippen LogP contribution < -0.4 is 15.1 Å². The van der Waals surface area contributed by atoms with Gasteiger partial charge in [0, 0.05) is 29.1 Å². The van der Waals surface area contributed by atoms with E-state index in [1.165, 1.54) is 18.2 Å². The van der Waals surface area contributed by atoms with Crippen molar-refractivity contribution < 1.29 is 18.8 Å². The van der Waals surface area contributed by atoms with E-state index in [9.17, 15) is 14.9 Å². The van der Waals surface area contributed by atoms with Crippen molar-refractivity contribution in [3.05, 3.63) is 74.1 Å². The summed E-state index contributed by atoms with van der Waals surface area (Å²) in [6.07, 6.45) is 6.41. The van der Waals surface area contributed by atoms with Crippen LogP contribution in [0.25, 0.3) is 11.0 Å². The molecular formula is C24H25NO6. The fraction of sp³-hybridized carbons (Fsp3) is 0.292. The van der Waals surface area contributed by atoms with Gasteiger partial charge in [0.1, 0.15) is 23.7 Å². The van der Waals surface area contributed by atoms with E-state index >= 15 is 0 Å². The van der Waals surface area contributed by atoms with Gasteiger partial charge in [-0.2, -0.15) is 0 Å². The van der Waals surface area contributed by atoms with E-state index in [1.54, 1.807) is 25.1 Å². The lowest BCUT2D eigenvalue weighted by Gasteiger charge is -2.13. The van der Waals surface area contributed by atoms with Crippen LogP contribution in [0.4, 0.5) is 5.69 Å². The lowest BCUT2D eigenvalue weighted by molar-refractivity contribution is -0.385. The maximum atomic E-state index is 11.6. The molecule has 0 aliphatic rings. The molecule has 3 rings (SSSR count). The fourth-order valence-corrected chi connectivity index (χ4v) is 2.79. The summed E-state index contributed by atoms with van der Waals surface area (Å²) in [6, 6.07) is 11.2. The zero-order valence-corrected chi connectivity index (χ0v) is 17.8. The monoisotopic (exact) mass is 423 g/mol. The highest BCUT2D eigenvalue weighted by molar-refractivity contribution is 5.81. The number of terminal acetylenes is 1. The Morgan fingerprint density at radius 1 is 1.16 bits per heavy atom. The fourth-order valence-electron chi connectivity index (χ4n) is 2.79. The Hall–Kier alpha value is -3.79. The molecule has 0 saturated heterocycles. The average molecular weight is 423 g/mol. The smallest absolute Gasteiger partial charge is 0.336 e. The van der Waals surface area contributed by atoms with Crippen molar-refractivity contribution in [2.45, 2.75) is 40.2 Å². The number of nitrogens with zero attached hydrogens (tertiary/aromatic N) is 1. The zero-order chi connectivity index (χ0) is 22.8. The number of aryl methyl sites for hydroxylation is 1. The molecular weight excluding hydrogens is 398 g/mol. The lowest BCUT2D eigenvalue weighted by atomic mass is 10.1. The molecule has 0 unspecified atom stereocenters. The second kappa shape index (κ2) is 11.4. The molecule has 0 N–H and O–H groups in total. The van der Waals surface area contributed by atoms with E-state index in [2.05, 4.69) is 12.3 Å². The van der Waals surface area contributed by atoms with Crippen molar-refractivity contribution in [1.82, 2.24) is 0 Å². The summed E-state index contributed by atoms with van der Waals surface area (Å²) in [5.74, 6) is 3.21. The molecule has 31 heavy (non-hydrogen) atoms. The number of unbranched alkanes of at least 4 members (excludes halogenated alkanes) is 1. The second-order valence-electron chi connectivity index (χ2n) is 6.73. The summed E-state index contributed by atoms with van der Waals surface area (Å²) in [4.78, 5) is 22.2. The highest BCUT2D eigenvalue weighted by Gasteiger charge is 2.13. The first-order valence-corrected chi connectivity index (χ1v) is 9.84. The standard InChI is InChI=1S/C21H21NO6.C3H4/c1-3-4-9-26-19-11-16(22(24)25)6-5-15(19)13-27-17-7-8-18-14(2)10-21(23)28-20(18)12-17;1-3-2/h5-8,10-12H,3-4,9,13H2,1-2H3;1H,2H3. The quantitative estimate of drug-likeness (QED) is 0.158. The van der Waals surface area contributed by atoms with Crippen molar-refractivity contribution in [2.75, 3.05) is 6.61 Å². The van der Waals surface area contributed by atoms with Gasteiger partial charge < -0.3 is 13.9 Å². The van der Waals surface area contributed by atoms with Crippen LogP contribution in [0.3, 0.4) is 0 Å². The number of non-ortho nitro benzene ring substituents is 1. The SMILES string of the molecule is C#CC.CCCCOc1cc([N+](=O)[O-])ccc1COc1ccc2c(C)cc(=O)oc2c1. The van der Waals surface area contributed by atoms with Crippen LogP contribution in [-0.4, -0.2) is 11.5 Å². The molecule has 0 saturated carbocycles. The lowest BCUT2D eigenvalue weighted by Crippen LogP contribution is -2.04. The van der Waals surface area contributed by atoms with Crippen LogP contribution in [0.15, 0.2) is 51.7 Å². The first-order chi connectivity index (χ1) is 14.9. The number of ether oxygens (including phenoxy) is 2. The third-order valence-electron chi connectivity index (χ3n) is 4.33. The van der Waals surface area contributed by atoms with Gasteiger partial charge >= 0.3 is 5.63 Å². The third kappa shape index (κ3) is 6.61. The van der Waals surface area contributed by atoms with Crippen LogP contribution in [0, 0.1) is 29.4 Å². The Bertz CT molecular complexity index is 1140. The van der Waals surface area contributed by atoms with Gasteiger partial charge in [0.25, 0.3) is 5.69 Å². The Morgan fingerprint density at radius 2 is 1.90 bits per heavy atom. The van der Waals surface area contributed by atoms with E-state index < -0.39 is 10.5 Å². The predicted octanol–water partition coefficient (Wildman–Crippen LogP) is 5.41. The molecule has 2 aromatic carbocycles. The van der Waals surface area contributed by atoms with E-state index in [-0.39, 0.29) is 12.3 Å². The molecule has 0 radical (unpaired) electrons. The van der Waals surface area contributed by atoms with Gasteiger partial charge in [-0.1, -0.05) is 13.3 Å². The van der Waals surface area contributed by atoms with Crippen molar-refractivity contribution in [3.63, 3.8) is 0 Å². The molecule has 1 aromatic heterocycles. The number of hydrogen-bond acceptors (Lipinski definition) is 6. The Labute approximate surface area is 180 Å². The number of nitro benzene ring substituents is 1. The summed E-state index contributed by atoms with van der Waals surface area (Å²) in [6.45, 7) is 6.18. The second-order valence-corrected chi connectivity index (χ2v) is 6.73. The van der Waals surface area contributed by atoms with Crippen LogP contribution in [-0.2, 0) is 6.61 Å². The molecule has 7 heteroatoms. The molecule has 0 aliphatic heterocycles. The van der Waals surface area contributed by atoms with Gasteiger partial charge in [-0.15, -0.1) is 12.3 Å². The summed E-state index contributed by atoms with van der Waals surface area (Å²) in [7, 11) is 0. The van der Waals surface area contributed by atoms with Crippen molar-refractivity contribution >= 4 is 16.7 Å². The number of fused-ring (bicyclic) bond motifs is 1. The molecule has 0 aliphatic carbocycles. The average Bonchev–Trinajstić information content (AvgIpc) is 2.73. The molecule has 0 fully saturated rings. The summed E-state index contributed by atoms with van der Waals surface area (Å²) in [5, 5.41) is 11.9. The first kappa shape index (κ1) is 23.5. The minimum absolute atomic E-state index is 0.0294. The normalized spacial score (nSPS) is 10.0. The van der Waals surface area contributed by atoms with Crippen LogP contribution >= 0.6 is 0 Å². The van der Waals surface area contributed by atoms with Crippen molar-refractivity contribution in [2.24, 2.45) is 0 Å². The van der Waals surface area contributed by atoms with E-state index in [4.69, 9.17) is 13.9 Å². The summed E-state index contributed by atoms with van der Waals surface area (Å²) in [5.41, 5.74) is 1.54. The number of hydrogen-bond donors (Lipinski definition) is 0. The van der Waals surface area contributed by atoms with Crippen molar-refractivity contribution in [3.8, 4) is 23.8 Å². The Morgan fingerprint density at radius 3 is 2.58 bits per heavy atom. The van der Waals surface area contributed by atoms with E-state index in [1.807, 2.05) is 19.9 Å².